The molecule has 0 saturated carbocycles. The number of anilines is 1. The Hall–Kier alpha value is -1.66. The summed E-state index contributed by atoms with van der Waals surface area (Å²) in [5.41, 5.74) is 6.19. The van der Waals surface area contributed by atoms with Crippen LogP contribution in [-0.2, 0) is 0 Å². The highest BCUT2D eigenvalue weighted by Gasteiger charge is 2.22. The summed E-state index contributed by atoms with van der Waals surface area (Å²) >= 11 is 1.24. The smallest absolute Gasteiger partial charge is 0.263 e. The summed E-state index contributed by atoms with van der Waals surface area (Å²) in [6.07, 6.45) is 1.09. The van der Waals surface area contributed by atoms with Gasteiger partial charge in [-0.15, -0.1) is 11.3 Å². The van der Waals surface area contributed by atoms with Crippen LogP contribution in [0.2, 0.25) is 0 Å². The summed E-state index contributed by atoms with van der Waals surface area (Å²) in [6, 6.07) is 4.77. The van der Waals surface area contributed by atoms with Gasteiger partial charge in [0.2, 0.25) is 0 Å². The first-order chi connectivity index (χ1) is 10.1. The number of thiophene rings is 1. The second-order valence-corrected chi connectivity index (χ2v) is 6.64. The fourth-order valence-electron chi connectivity index (χ4n) is 2.81. The van der Waals surface area contributed by atoms with Crippen LogP contribution in [0.4, 0.5) is 10.1 Å². The van der Waals surface area contributed by atoms with Gasteiger partial charge in [0.1, 0.15) is 10.7 Å². The Labute approximate surface area is 126 Å². The van der Waals surface area contributed by atoms with Crippen LogP contribution in [0.1, 0.15) is 16.1 Å². The van der Waals surface area contributed by atoms with Gasteiger partial charge in [0.25, 0.3) is 5.91 Å². The second-order valence-electron chi connectivity index (χ2n) is 5.58. The van der Waals surface area contributed by atoms with Gasteiger partial charge in [0, 0.05) is 17.8 Å². The minimum atomic E-state index is -0.377. The van der Waals surface area contributed by atoms with Crippen molar-refractivity contribution in [1.82, 2.24) is 10.2 Å². The van der Waals surface area contributed by atoms with Crippen molar-refractivity contribution in [2.24, 2.45) is 5.92 Å². The Bertz CT molecular complexity index is 685. The topological polar surface area (TPSA) is 58.4 Å². The molecule has 0 spiro atoms. The van der Waals surface area contributed by atoms with E-state index >= 15 is 0 Å². The largest absolute Gasteiger partial charge is 0.397 e. The molecule has 0 bridgehead atoms. The number of carbonyl (C=O) groups is 1. The standard InChI is InChI=1S/C15H18FN3OS/c1-19-6-5-9(8-19)7-18-15(20)14-13(17)12-10(16)3-2-4-11(12)21-14/h2-4,9H,5-8,17H2,1H3,(H,18,20). The van der Waals surface area contributed by atoms with Crippen LogP contribution in [0.3, 0.4) is 0 Å². The summed E-state index contributed by atoms with van der Waals surface area (Å²) in [5.74, 6) is -0.105. The molecule has 1 aliphatic rings. The number of likely N-dealkylation sites (tertiary alicyclic amines) is 1. The van der Waals surface area contributed by atoms with Crippen LogP contribution in [0.25, 0.3) is 10.1 Å². The lowest BCUT2D eigenvalue weighted by atomic mass is 10.1. The number of hydrogen-bond acceptors (Lipinski definition) is 4. The first-order valence-electron chi connectivity index (χ1n) is 6.99. The van der Waals surface area contributed by atoms with E-state index in [4.69, 9.17) is 5.73 Å². The number of fused-ring (bicyclic) bond motifs is 1. The fraction of sp³-hybridized carbons (Fsp3) is 0.400. The lowest BCUT2D eigenvalue weighted by molar-refractivity contribution is 0.0952. The van der Waals surface area contributed by atoms with Crippen LogP contribution in [-0.4, -0.2) is 37.5 Å². The maximum atomic E-state index is 13.8. The zero-order valence-electron chi connectivity index (χ0n) is 11.9. The number of hydrogen-bond donors (Lipinski definition) is 2. The zero-order chi connectivity index (χ0) is 15.0. The lowest BCUT2D eigenvalue weighted by Crippen LogP contribution is -2.30. The monoisotopic (exact) mass is 307 g/mol. The number of rotatable bonds is 3. The molecule has 0 radical (unpaired) electrons. The van der Waals surface area contributed by atoms with Gasteiger partial charge in [-0.2, -0.15) is 0 Å². The molecule has 2 aromatic rings. The van der Waals surface area contributed by atoms with Gasteiger partial charge in [-0.1, -0.05) is 6.07 Å². The van der Waals surface area contributed by atoms with Crippen LogP contribution < -0.4 is 11.1 Å². The highest BCUT2D eigenvalue weighted by Crippen LogP contribution is 2.35. The van der Waals surface area contributed by atoms with Gasteiger partial charge < -0.3 is 16.0 Å². The van der Waals surface area contributed by atoms with Crippen LogP contribution in [0, 0.1) is 11.7 Å². The molecule has 3 N–H and O–H groups in total. The van der Waals surface area contributed by atoms with Crippen molar-refractivity contribution in [3.05, 3.63) is 28.9 Å². The summed E-state index contributed by atoms with van der Waals surface area (Å²) in [6.45, 7) is 2.70. The molecule has 1 aromatic heterocycles. The lowest BCUT2D eigenvalue weighted by Gasteiger charge is -2.11. The van der Waals surface area contributed by atoms with Crippen molar-refractivity contribution in [3.8, 4) is 0 Å². The highest BCUT2D eigenvalue weighted by atomic mass is 32.1. The normalized spacial score (nSPS) is 19.2. The van der Waals surface area contributed by atoms with E-state index in [9.17, 15) is 9.18 Å². The molecular formula is C15H18FN3OS. The maximum absolute atomic E-state index is 13.8. The zero-order valence-corrected chi connectivity index (χ0v) is 12.7. The number of nitrogens with one attached hydrogen (secondary N) is 1. The van der Waals surface area contributed by atoms with E-state index in [1.807, 2.05) is 0 Å². The van der Waals surface area contributed by atoms with E-state index in [1.165, 1.54) is 17.4 Å². The first-order valence-corrected chi connectivity index (χ1v) is 7.81. The minimum absolute atomic E-state index is 0.206. The van der Waals surface area contributed by atoms with Crippen molar-refractivity contribution in [1.29, 1.82) is 0 Å². The van der Waals surface area contributed by atoms with Crippen LogP contribution >= 0.6 is 11.3 Å². The minimum Gasteiger partial charge on any atom is -0.397 e. The molecule has 6 heteroatoms. The molecule has 1 amide bonds. The predicted octanol–water partition coefficient (Wildman–Crippen LogP) is 2.30. The fourth-order valence-corrected chi connectivity index (χ4v) is 3.86. The molecule has 1 unspecified atom stereocenters. The Balaban J connectivity index is 1.76. The third kappa shape index (κ3) is 2.73. The third-order valence-corrected chi connectivity index (χ3v) is 5.12. The maximum Gasteiger partial charge on any atom is 0.263 e. The van der Waals surface area contributed by atoms with Gasteiger partial charge in [-0.25, -0.2) is 4.39 Å². The summed E-state index contributed by atoms with van der Waals surface area (Å²) in [4.78, 5) is 14.9. The number of nitrogens with two attached hydrogens (primary N) is 1. The average molecular weight is 307 g/mol. The van der Waals surface area contributed by atoms with E-state index in [1.54, 1.807) is 12.1 Å². The van der Waals surface area contributed by atoms with Gasteiger partial charge in [0.15, 0.2) is 0 Å². The number of carbonyl (C=O) groups excluding carboxylic acids is 1. The van der Waals surface area contributed by atoms with E-state index in [0.717, 1.165) is 19.5 Å². The third-order valence-electron chi connectivity index (χ3n) is 3.95. The van der Waals surface area contributed by atoms with Gasteiger partial charge in [-0.05, 0) is 38.1 Å². The van der Waals surface area contributed by atoms with Crippen molar-refractivity contribution in [3.63, 3.8) is 0 Å². The molecule has 1 atom stereocenters. The van der Waals surface area contributed by atoms with Crippen LogP contribution in [0.5, 0.6) is 0 Å². The predicted molar refractivity (Wildman–Crippen MR) is 84.1 cm³/mol. The van der Waals surface area contributed by atoms with E-state index in [0.29, 0.717) is 27.4 Å². The first kappa shape index (κ1) is 14.3. The van der Waals surface area contributed by atoms with Crippen molar-refractivity contribution in [2.45, 2.75) is 6.42 Å². The number of benzene rings is 1. The molecule has 1 fully saturated rings. The summed E-state index contributed by atoms with van der Waals surface area (Å²) in [5, 5.41) is 3.28. The van der Waals surface area contributed by atoms with Gasteiger partial charge in [-0.3, -0.25) is 4.79 Å². The number of nitrogens with zero attached hydrogens (tertiary/aromatic N) is 1. The van der Waals surface area contributed by atoms with Crippen molar-refractivity contribution >= 4 is 33.0 Å². The molecule has 3 rings (SSSR count). The summed E-state index contributed by atoms with van der Waals surface area (Å²) in [7, 11) is 2.08. The van der Waals surface area contributed by atoms with E-state index in [-0.39, 0.29) is 17.4 Å². The molecular weight excluding hydrogens is 289 g/mol. The molecule has 1 aromatic carbocycles. The molecule has 21 heavy (non-hydrogen) atoms. The van der Waals surface area contributed by atoms with Crippen molar-refractivity contribution in [2.75, 3.05) is 32.4 Å². The van der Waals surface area contributed by atoms with Crippen LogP contribution in [0.15, 0.2) is 18.2 Å². The molecule has 0 aliphatic carbocycles. The Morgan fingerprint density at radius 2 is 2.38 bits per heavy atom. The Morgan fingerprint density at radius 1 is 1.57 bits per heavy atom. The van der Waals surface area contributed by atoms with Crippen molar-refractivity contribution < 1.29 is 9.18 Å². The summed E-state index contributed by atoms with van der Waals surface area (Å²) < 4.78 is 14.5. The van der Waals surface area contributed by atoms with Gasteiger partial charge in [0.05, 0.1) is 11.1 Å². The number of nitrogen functional groups attached to an aromatic ring is 1. The second kappa shape index (κ2) is 5.61. The van der Waals surface area contributed by atoms with E-state index < -0.39 is 0 Å². The molecule has 112 valence electrons. The molecule has 1 saturated heterocycles. The Kier molecular flexibility index (Phi) is 3.82. The number of halogens is 1. The molecule has 4 nitrogen and oxygen atoms in total. The average Bonchev–Trinajstić information content (AvgIpc) is 3.01. The Morgan fingerprint density at radius 3 is 3.05 bits per heavy atom. The molecule has 1 aliphatic heterocycles. The SMILES string of the molecule is CN1CCC(CNC(=O)c2sc3cccc(F)c3c2N)C1. The van der Waals surface area contributed by atoms with E-state index in [2.05, 4.69) is 17.3 Å². The number of amides is 1. The molecule has 2 heterocycles. The quantitative estimate of drug-likeness (QED) is 0.915. The van der Waals surface area contributed by atoms with Gasteiger partial charge >= 0.3 is 0 Å². The highest BCUT2D eigenvalue weighted by molar-refractivity contribution is 7.21.